The Hall–Kier alpha value is -0.860. The molecule has 0 aromatic rings. The van der Waals surface area contributed by atoms with Gasteiger partial charge in [-0.05, 0) is 20.8 Å². The van der Waals surface area contributed by atoms with Gasteiger partial charge in [-0.15, -0.1) is 5.10 Å². The van der Waals surface area contributed by atoms with E-state index in [1.165, 1.54) is 0 Å². The Morgan fingerprint density at radius 1 is 1.20 bits per heavy atom. The largest absolute Gasteiger partial charge is 0.480 e. The van der Waals surface area contributed by atoms with Crippen LogP contribution in [-0.4, -0.2) is 18.2 Å². The first-order valence-corrected chi connectivity index (χ1v) is 3.35. The van der Waals surface area contributed by atoms with Crippen LogP contribution in [0.5, 0.6) is 0 Å². The van der Waals surface area contributed by atoms with E-state index >= 15 is 0 Å². The Morgan fingerprint density at radius 2 is 1.80 bits per heavy atom. The second-order valence-corrected chi connectivity index (χ2v) is 2.10. The molecule has 0 radical (unpaired) electrons. The summed E-state index contributed by atoms with van der Waals surface area (Å²) in [5.41, 5.74) is 0.930. The Bertz CT molecular complexity index is 146. The van der Waals surface area contributed by atoms with Crippen LogP contribution in [-0.2, 0) is 4.74 Å². The fourth-order valence-electron chi connectivity index (χ4n) is 0.408. The molecule has 0 saturated heterocycles. The second kappa shape index (κ2) is 4.97. The summed E-state index contributed by atoms with van der Waals surface area (Å²) in [5.74, 6) is 0.615. The lowest BCUT2D eigenvalue weighted by Gasteiger charge is -1.96. The lowest BCUT2D eigenvalue weighted by atomic mass is 10.5. The summed E-state index contributed by atoms with van der Waals surface area (Å²) in [6.07, 6.45) is 0. The van der Waals surface area contributed by atoms with Gasteiger partial charge in [0.25, 0.3) is 0 Å². The summed E-state index contributed by atoms with van der Waals surface area (Å²) in [6.45, 7) is 8.14. The zero-order valence-corrected chi connectivity index (χ0v) is 7.01. The number of nitrogens with zero attached hydrogens (tertiary/aromatic N) is 2. The van der Waals surface area contributed by atoms with Crippen LogP contribution in [0.2, 0.25) is 0 Å². The van der Waals surface area contributed by atoms with Crippen LogP contribution >= 0.6 is 0 Å². The lowest BCUT2D eigenvalue weighted by molar-refractivity contribution is 0.323. The van der Waals surface area contributed by atoms with Crippen LogP contribution in [0, 0.1) is 0 Å². The van der Waals surface area contributed by atoms with Crippen molar-refractivity contribution in [1.29, 1.82) is 0 Å². The third kappa shape index (κ3) is 5.28. The third-order valence-electron chi connectivity index (χ3n) is 0.744. The van der Waals surface area contributed by atoms with Gasteiger partial charge < -0.3 is 4.74 Å². The molecule has 0 amide bonds. The molecule has 0 fully saturated rings. The molecular weight excluding hydrogens is 128 g/mol. The van der Waals surface area contributed by atoms with Gasteiger partial charge in [-0.25, -0.2) is 0 Å². The van der Waals surface area contributed by atoms with Gasteiger partial charge in [0, 0.05) is 12.6 Å². The molecular formula is C7H14N2O. The zero-order valence-electron chi connectivity index (χ0n) is 7.01. The molecule has 0 aliphatic carbocycles. The molecule has 0 saturated carbocycles. The maximum absolute atomic E-state index is 5.04. The van der Waals surface area contributed by atoms with Crippen molar-refractivity contribution in [3.63, 3.8) is 0 Å². The maximum atomic E-state index is 5.04. The average molecular weight is 142 g/mol. The molecule has 3 nitrogen and oxygen atoms in total. The minimum Gasteiger partial charge on any atom is -0.480 e. The fourth-order valence-corrected chi connectivity index (χ4v) is 0.408. The van der Waals surface area contributed by atoms with Crippen LogP contribution in [0.25, 0.3) is 0 Å². The molecule has 0 unspecified atom stereocenters. The number of hydrogen-bond donors (Lipinski definition) is 0. The maximum Gasteiger partial charge on any atom is 0.205 e. The predicted molar refractivity (Wildman–Crippen MR) is 43.5 cm³/mol. The van der Waals surface area contributed by atoms with Gasteiger partial charge in [0.05, 0.1) is 6.61 Å². The van der Waals surface area contributed by atoms with Crippen molar-refractivity contribution in [1.82, 2.24) is 0 Å². The number of rotatable bonds is 2. The van der Waals surface area contributed by atoms with Crippen molar-refractivity contribution in [2.24, 2.45) is 10.2 Å². The molecule has 0 spiro atoms. The van der Waals surface area contributed by atoms with Gasteiger partial charge in [0.1, 0.15) is 0 Å². The van der Waals surface area contributed by atoms with E-state index in [1.54, 1.807) is 6.92 Å². The minimum atomic E-state index is 0.615. The highest BCUT2D eigenvalue weighted by molar-refractivity contribution is 5.80. The van der Waals surface area contributed by atoms with Gasteiger partial charge in [-0.1, -0.05) is 0 Å². The van der Waals surface area contributed by atoms with Crippen LogP contribution in [0.15, 0.2) is 10.2 Å². The molecule has 0 aromatic carbocycles. The van der Waals surface area contributed by atoms with Crippen molar-refractivity contribution >= 4 is 11.6 Å². The zero-order chi connectivity index (χ0) is 7.98. The summed E-state index contributed by atoms with van der Waals surface area (Å²) >= 11 is 0. The summed E-state index contributed by atoms with van der Waals surface area (Å²) in [7, 11) is 0. The SMILES string of the molecule is CCO/C(C)=N\N=C(C)C. The molecule has 0 heterocycles. The molecule has 0 aliphatic heterocycles. The van der Waals surface area contributed by atoms with E-state index in [2.05, 4.69) is 10.2 Å². The molecule has 0 N–H and O–H groups in total. The normalized spacial score (nSPS) is 11.0. The van der Waals surface area contributed by atoms with Crippen molar-refractivity contribution in [3.05, 3.63) is 0 Å². The summed E-state index contributed by atoms with van der Waals surface area (Å²) in [6, 6.07) is 0. The van der Waals surface area contributed by atoms with Gasteiger partial charge in [0.2, 0.25) is 5.90 Å². The second-order valence-electron chi connectivity index (χ2n) is 2.10. The summed E-state index contributed by atoms with van der Waals surface area (Å²) in [4.78, 5) is 0. The quantitative estimate of drug-likeness (QED) is 0.329. The summed E-state index contributed by atoms with van der Waals surface area (Å²) < 4.78 is 5.04. The van der Waals surface area contributed by atoms with Crippen LogP contribution in [0.3, 0.4) is 0 Å². The monoisotopic (exact) mass is 142 g/mol. The van der Waals surface area contributed by atoms with Gasteiger partial charge in [0.15, 0.2) is 0 Å². The van der Waals surface area contributed by atoms with Crippen LogP contribution in [0.4, 0.5) is 0 Å². The smallest absolute Gasteiger partial charge is 0.205 e. The third-order valence-corrected chi connectivity index (χ3v) is 0.744. The molecule has 0 aromatic heterocycles. The highest BCUT2D eigenvalue weighted by Crippen LogP contribution is 1.83. The Labute approximate surface area is 61.8 Å². The molecule has 0 aliphatic rings. The van der Waals surface area contributed by atoms with E-state index in [9.17, 15) is 0 Å². The average Bonchev–Trinajstić information content (AvgIpc) is 1.85. The molecule has 3 heteroatoms. The first-order chi connectivity index (χ1) is 4.66. The minimum absolute atomic E-state index is 0.615. The van der Waals surface area contributed by atoms with Gasteiger partial charge >= 0.3 is 0 Å². The van der Waals surface area contributed by atoms with Crippen molar-refractivity contribution < 1.29 is 4.74 Å². The molecule has 0 atom stereocenters. The Balaban J connectivity index is 3.79. The molecule has 58 valence electrons. The topological polar surface area (TPSA) is 34.0 Å². The Morgan fingerprint density at radius 3 is 2.20 bits per heavy atom. The Kier molecular flexibility index (Phi) is 4.54. The van der Waals surface area contributed by atoms with Crippen molar-refractivity contribution in [2.75, 3.05) is 6.61 Å². The van der Waals surface area contributed by atoms with E-state index in [0.717, 1.165) is 5.71 Å². The standard InChI is InChI=1S/C7H14N2O/c1-5-10-7(4)9-8-6(2)3/h5H2,1-4H3/b9-7-. The van der Waals surface area contributed by atoms with Crippen molar-refractivity contribution in [3.8, 4) is 0 Å². The highest BCUT2D eigenvalue weighted by Gasteiger charge is 1.84. The molecule has 0 bridgehead atoms. The van der Waals surface area contributed by atoms with E-state index in [-0.39, 0.29) is 0 Å². The van der Waals surface area contributed by atoms with E-state index in [4.69, 9.17) is 4.74 Å². The van der Waals surface area contributed by atoms with Crippen LogP contribution in [0.1, 0.15) is 27.7 Å². The van der Waals surface area contributed by atoms with Crippen molar-refractivity contribution in [2.45, 2.75) is 27.7 Å². The first-order valence-electron chi connectivity index (χ1n) is 3.35. The van der Waals surface area contributed by atoms with Gasteiger partial charge in [-0.2, -0.15) is 5.10 Å². The lowest BCUT2D eigenvalue weighted by Crippen LogP contribution is -1.97. The summed E-state index contributed by atoms with van der Waals surface area (Å²) in [5, 5.41) is 7.62. The number of hydrogen-bond acceptors (Lipinski definition) is 3. The van der Waals surface area contributed by atoms with Gasteiger partial charge in [-0.3, -0.25) is 0 Å². The highest BCUT2D eigenvalue weighted by atomic mass is 16.5. The number of ether oxygens (including phenoxy) is 1. The van der Waals surface area contributed by atoms with E-state index in [0.29, 0.717) is 12.5 Å². The van der Waals surface area contributed by atoms with E-state index < -0.39 is 0 Å². The predicted octanol–water partition coefficient (Wildman–Crippen LogP) is 1.84. The molecule has 10 heavy (non-hydrogen) atoms. The fraction of sp³-hybridized carbons (Fsp3) is 0.714. The first kappa shape index (κ1) is 9.14. The van der Waals surface area contributed by atoms with Crippen LogP contribution < -0.4 is 0 Å². The van der Waals surface area contributed by atoms with E-state index in [1.807, 2.05) is 20.8 Å². The molecule has 0 rings (SSSR count).